The lowest BCUT2D eigenvalue weighted by atomic mass is 9.65. The van der Waals surface area contributed by atoms with E-state index in [1.165, 1.54) is 36.8 Å². The Labute approximate surface area is 117 Å². The fraction of sp³-hybridized carbons (Fsp3) is 0.647. The Balaban J connectivity index is 2.14. The Bertz CT molecular complexity index is 411. The van der Waals surface area contributed by atoms with Crippen LogP contribution in [0.1, 0.15) is 50.7 Å². The average Bonchev–Trinajstić information content (AvgIpc) is 2.38. The predicted octanol–water partition coefficient (Wildman–Crippen LogP) is 3.59. The van der Waals surface area contributed by atoms with Crippen LogP contribution in [0.3, 0.4) is 0 Å². The lowest BCUT2D eigenvalue weighted by Gasteiger charge is -2.43. The lowest BCUT2D eigenvalue weighted by Crippen LogP contribution is -2.48. The number of hydrogen-bond donors (Lipinski definition) is 2. The van der Waals surface area contributed by atoms with Crippen LogP contribution in [0.4, 0.5) is 0 Å². The molecule has 1 saturated carbocycles. The van der Waals surface area contributed by atoms with Gasteiger partial charge in [-0.2, -0.15) is 0 Å². The van der Waals surface area contributed by atoms with E-state index in [0.717, 1.165) is 6.42 Å². The molecule has 0 aromatic heterocycles. The molecule has 0 spiro atoms. The second kappa shape index (κ2) is 6.06. The van der Waals surface area contributed by atoms with Gasteiger partial charge >= 0.3 is 0 Å². The van der Waals surface area contributed by atoms with Gasteiger partial charge in [-0.25, -0.2) is 0 Å². The van der Waals surface area contributed by atoms with Crippen molar-refractivity contribution in [3.8, 4) is 0 Å². The molecule has 1 aromatic rings. The van der Waals surface area contributed by atoms with E-state index >= 15 is 0 Å². The summed E-state index contributed by atoms with van der Waals surface area (Å²) in [5, 5.41) is 0. The van der Waals surface area contributed by atoms with Gasteiger partial charge in [-0.15, -0.1) is 0 Å². The molecule has 2 heteroatoms. The molecule has 19 heavy (non-hydrogen) atoms. The average molecular weight is 260 g/mol. The predicted molar refractivity (Wildman–Crippen MR) is 81.7 cm³/mol. The Morgan fingerprint density at radius 1 is 1.32 bits per heavy atom. The van der Waals surface area contributed by atoms with Crippen molar-refractivity contribution in [1.29, 1.82) is 0 Å². The lowest BCUT2D eigenvalue weighted by molar-refractivity contribution is 0.0981. The van der Waals surface area contributed by atoms with Crippen LogP contribution in [0, 0.1) is 18.3 Å². The van der Waals surface area contributed by atoms with Crippen molar-refractivity contribution in [2.24, 2.45) is 17.2 Å². The number of hydrazine groups is 1. The molecule has 1 aromatic carbocycles. The Kier molecular flexibility index (Phi) is 4.64. The molecule has 2 rings (SSSR count). The Morgan fingerprint density at radius 3 is 2.68 bits per heavy atom. The highest BCUT2D eigenvalue weighted by molar-refractivity contribution is 5.26. The number of rotatable bonds is 4. The van der Waals surface area contributed by atoms with Crippen LogP contribution in [0.5, 0.6) is 0 Å². The smallest absolute Gasteiger partial charge is 0.0284 e. The van der Waals surface area contributed by atoms with Gasteiger partial charge in [0.2, 0.25) is 0 Å². The first kappa shape index (κ1) is 14.5. The maximum atomic E-state index is 5.87. The first-order chi connectivity index (χ1) is 9.04. The van der Waals surface area contributed by atoms with Crippen molar-refractivity contribution in [1.82, 2.24) is 5.43 Å². The van der Waals surface area contributed by atoms with Gasteiger partial charge in [0.1, 0.15) is 0 Å². The van der Waals surface area contributed by atoms with E-state index in [4.69, 9.17) is 5.84 Å². The minimum atomic E-state index is 0.386. The van der Waals surface area contributed by atoms with Gasteiger partial charge in [-0.3, -0.25) is 11.3 Å². The maximum absolute atomic E-state index is 5.87. The van der Waals surface area contributed by atoms with Gasteiger partial charge in [0.15, 0.2) is 0 Å². The number of benzene rings is 1. The zero-order chi connectivity index (χ0) is 13.9. The summed E-state index contributed by atoms with van der Waals surface area (Å²) in [6.07, 6.45) is 6.37. The van der Waals surface area contributed by atoms with Crippen LogP contribution in [0.25, 0.3) is 0 Å². The molecule has 0 aliphatic heterocycles. The summed E-state index contributed by atoms with van der Waals surface area (Å²) < 4.78 is 0. The molecule has 0 heterocycles. The fourth-order valence-corrected chi connectivity index (χ4v) is 3.66. The van der Waals surface area contributed by atoms with Gasteiger partial charge < -0.3 is 0 Å². The van der Waals surface area contributed by atoms with Crippen LogP contribution in [0.2, 0.25) is 0 Å². The summed E-state index contributed by atoms with van der Waals surface area (Å²) in [6.45, 7) is 6.99. The number of nitrogens with two attached hydrogens (primary N) is 1. The summed E-state index contributed by atoms with van der Waals surface area (Å²) in [5.74, 6) is 6.54. The largest absolute Gasteiger partial charge is 0.271 e. The third-order valence-corrected chi connectivity index (χ3v) is 4.99. The van der Waals surface area contributed by atoms with E-state index in [1.807, 2.05) is 0 Å². The molecule has 0 saturated heterocycles. The normalized spacial score (nSPS) is 24.1. The van der Waals surface area contributed by atoms with Gasteiger partial charge in [0.05, 0.1) is 0 Å². The Hall–Kier alpha value is -0.860. The van der Waals surface area contributed by atoms with Crippen LogP contribution >= 0.6 is 0 Å². The summed E-state index contributed by atoms with van der Waals surface area (Å²) >= 11 is 0. The van der Waals surface area contributed by atoms with Gasteiger partial charge in [-0.05, 0) is 48.6 Å². The molecule has 3 N–H and O–H groups in total. The molecule has 106 valence electrons. The summed E-state index contributed by atoms with van der Waals surface area (Å²) in [7, 11) is 0. The number of aryl methyl sites for hydroxylation is 1. The molecule has 2 nitrogen and oxygen atoms in total. The van der Waals surface area contributed by atoms with E-state index in [-0.39, 0.29) is 0 Å². The number of hydrogen-bond acceptors (Lipinski definition) is 2. The first-order valence-corrected chi connectivity index (χ1v) is 7.55. The summed E-state index contributed by atoms with van der Waals surface area (Å²) in [5.41, 5.74) is 6.30. The minimum absolute atomic E-state index is 0.386. The fourth-order valence-electron chi connectivity index (χ4n) is 3.66. The standard InChI is InChI=1S/C17H28N2/c1-13-8-4-5-9-14(13)12-16(19-18)15-10-6-7-11-17(15,2)3/h4-5,8-9,15-16,19H,6-7,10-12,18H2,1-3H3. The maximum Gasteiger partial charge on any atom is 0.0284 e. The molecular formula is C17H28N2. The van der Waals surface area contributed by atoms with Crippen LogP contribution in [-0.4, -0.2) is 6.04 Å². The van der Waals surface area contributed by atoms with E-state index < -0.39 is 0 Å². The van der Waals surface area contributed by atoms with E-state index in [1.54, 1.807) is 0 Å². The van der Waals surface area contributed by atoms with E-state index in [9.17, 15) is 0 Å². The topological polar surface area (TPSA) is 38.0 Å². The molecule has 1 fully saturated rings. The van der Waals surface area contributed by atoms with Crippen LogP contribution < -0.4 is 11.3 Å². The van der Waals surface area contributed by atoms with E-state index in [2.05, 4.69) is 50.5 Å². The molecule has 1 aliphatic carbocycles. The van der Waals surface area contributed by atoms with Crippen molar-refractivity contribution in [3.05, 3.63) is 35.4 Å². The zero-order valence-corrected chi connectivity index (χ0v) is 12.6. The Morgan fingerprint density at radius 2 is 2.05 bits per heavy atom. The minimum Gasteiger partial charge on any atom is -0.271 e. The monoisotopic (exact) mass is 260 g/mol. The third-order valence-electron chi connectivity index (χ3n) is 4.99. The van der Waals surface area contributed by atoms with Crippen molar-refractivity contribution in [2.75, 3.05) is 0 Å². The van der Waals surface area contributed by atoms with Gasteiger partial charge in [-0.1, -0.05) is 51.0 Å². The summed E-state index contributed by atoms with van der Waals surface area (Å²) in [4.78, 5) is 0. The molecule has 2 unspecified atom stereocenters. The van der Waals surface area contributed by atoms with Gasteiger partial charge in [0.25, 0.3) is 0 Å². The van der Waals surface area contributed by atoms with Crippen LogP contribution in [-0.2, 0) is 6.42 Å². The highest BCUT2D eigenvalue weighted by atomic mass is 15.2. The van der Waals surface area contributed by atoms with Crippen LogP contribution in [0.15, 0.2) is 24.3 Å². The first-order valence-electron chi connectivity index (χ1n) is 7.55. The third kappa shape index (κ3) is 3.37. The van der Waals surface area contributed by atoms with E-state index in [0.29, 0.717) is 17.4 Å². The highest BCUT2D eigenvalue weighted by Gasteiger charge is 2.37. The quantitative estimate of drug-likeness (QED) is 0.641. The molecule has 0 bridgehead atoms. The SMILES string of the molecule is Cc1ccccc1CC(NN)C1CCCCC1(C)C. The second-order valence-electron chi connectivity index (χ2n) is 6.74. The van der Waals surface area contributed by atoms with Crippen molar-refractivity contribution in [3.63, 3.8) is 0 Å². The highest BCUT2D eigenvalue weighted by Crippen LogP contribution is 2.42. The van der Waals surface area contributed by atoms with Crippen molar-refractivity contribution < 1.29 is 0 Å². The molecular weight excluding hydrogens is 232 g/mol. The molecule has 2 atom stereocenters. The van der Waals surface area contributed by atoms with Crippen molar-refractivity contribution in [2.45, 2.75) is 58.9 Å². The molecule has 1 aliphatic rings. The second-order valence-corrected chi connectivity index (χ2v) is 6.74. The molecule has 0 radical (unpaired) electrons. The molecule has 0 amide bonds. The summed E-state index contributed by atoms with van der Waals surface area (Å²) in [6, 6.07) is 9.04. The number of nitrogens with one attached hydrogen (secondary N) is 1. The zero-order valence-electron chi connectivity index (χ0n) is 12.6. The van der Waals surface area contributed by atoms with Crippen molar-refractivity contribution >= 4 is 0 Å². The van der Waals surface area contributed by atoms with Gasteiger partial charge in [0, 0.05) is 6.04 Å².